The summed E-state index contributed by atoms with van der Waals surface area (Å²) in [5.41, 5.74) is 2.14. The van der Waals surface area contributed by atoms with Crippen LogP contribution in [0, 0.1) is 0 Å². The van der Waals surface area contributed by atoms with Crippen LogP contribution in [0.3, 0.4) is 0 Å². The van der Waals surface area contributed by atoms with Crippen LogP contribution >= 0.6 is 0 Å². The summed E-state index contributed by atoms with van der Waals surface area (Å²) in [5.74, 6) is -0.622. The Balaban J connectivity index is 2.02. The first-order valence-electron chi connectivity index (χ1n) is 7.62. The number of carboxylic acid groups (broad SMARTS) is 1. The lowest BCUT2D eigenvalue weighted by Gasteiger charge is -2.09. The molecule has 2 N–H and O–H groups in total. The normalized spacial score (nSPS) is 10.7. The van der Waals surface area contributed by atoms with Gasteiger partial charge in [-0.25, -0.2) is 4.79 Å². The van der Waals surface area contributed by atoms with E-state index < -0.39 is 12.6 Å². The maximum absolute atomic E-state index is 12.4. The molecule has 0 bridgehead atoms. The number of carbonyl (C=O) groups is 2. The Morgan fingerprint density at radius 2 is 2.12 bits per heavy atom. The smallest absolute Gasteiger partial charge is 0.341 e. The fourth-order valence-corrected chi connectivity index (χ4v) is 2.27. The summed E-state index contributed by atoms with van der Waals surface area (Å²) in [6.45, 7) is 3.89. The van der Waals surface area contributed by atoms with E-state index in [2.05, 4.69) is 10.4 Å². The van der Waals surface area contributed by atoms with Gasteiger partial charge in [-0.1, -0.05) is 26.0 Å². The second kappa shape index (κ2) is 7.63. The molecular weight excluding hydrogens is 310 g/mol. The Labute approximate surface area is 140 Å². The fraction of sp³-hybridized carbons (Fsp3) is 0.353. The molecule has 0 fully saturated rings. The third kappa shape index (κ3) is 4.58. The number of hydrogen-bond donors (Lipinski definition) is 2. The second-order valence-corrected chi connectivity index (χ2v) is 5.77. The van der Waals surface area contributed by atoms with Crippen LogP contribution in [0.2, 0.25) is 0 Å². The number of benzene rings is 1. The van der Waals surface area contributed by atoms with Crippen molar-refractivity contribution in [3.05, 3.63) is 47.3 Å². The van der Waals surface area contributed by atoms with Gasteiger partial charge >= 0.3 is 5.97 Å². The molecule has 0 atom stereocenters. The van der Waals surface area contributed by atoms with Gasteiger partial charge in [-0.15, -0.1) is 0 Å². The molecule has 0 saturated carbocycles. The van der Waals surface area contributed by atoms with Crippen molar-refractivity contribution in [1.82, 2.24) is 15.1 Å². The molecule has 2 rings (SSSR count). The molecule has 128 valence electrons. The molecule has 24 heavy (non-hydrogen) atoms. The van der Waals surface area contributed by atoms with Gasteiger partial charge in [-0.2, -0.15) is 5.10 Å². The molecule has 0 radical (unpaired) electrons. The highest BCUT2D eigenvalue weighted by molar-refractivity contribution is 5.95. The summed E-state index contributed by atoms with van der Waals surface area (Å²) in [7, 11) is 1.78. The highest BCUT2D eigenvalue weighted by Gasteiger charge is 2.17. The van der Waals surface area contributed by atoms with Crippen molar-refractivity contribution in [2.75, 3.05) is 6.61 Å². The number of aromatic nitrogens is 2. The van der Waals surface area contributed by atoms with Crippen LogP contribution in [0.25, 0.3) is 0 Å². The average molecular weight is 331 g/mol. The number of nitrogens with zero attached hydrogens (tertiary/aromatic N) is 2. The van der Waals surface area contributed by atoms with E-state index >= 15 is 0 Å². The molecule has 0 aliphatic heterocycles. The molecule has 0 aliphatic rings. The highest BCUT2D eigenvalue weighted by atomic mass is 16.5. The van der Waals surface area contributed by atoms with Gasteiger partial charge in [-0.05, 0) is 23.6 Å². The molecule has 1 heterocycles. The SMILES string of the molecule is CC(C)c1nn(C)cc1C(=O)NCc1cccc(OCC(=O)O)c1. The van der Waals surface area contributed by atoms with E-state index in [1.54, 1.807) is 36.1 Å². The Kier molecular flexibility index (Phi) is 5.57. The van der Waals surface area contributed by atoms with Crippen molar-refractivity contribution >= 4 is 11.9 Å². The number of aliphatic carboxylic acids is 1. The predicted octanol–water partition coefficient (Wildman–Crippen LogP) is 1.94. The molecule has 7 heteroatoms. The van der Waals surface area contributed by atoms with Gasteiger partial charge in [0.2, 0.25) is 0 Å². The zero-order chi connectivity index (χ0) is 17.7. The Bertz CT molecular complexity index is 737. The number of carboxylic acids is 1. The van der Waals surface area contributed by atoms with E-state index in [4.69, 9.17) is 9.84 Å². The summed E-state index contributed by atoms with van der Waals surface area (Å²) in [6.07, 6.45) is 1.71. The van der Waals surface area contributed by atoms with Crippen molar-refractivity contribution in [2.45, 2.75) is 26.3 Å². The standard InChI is InChI=1S/C17H21N3O4/c1-11(2)16-14(9-20(3)19-16)17(23)18-8-12-5-4-6-13(7-12)24-10-15(21)22/h4-7,9,11H,8,10H2,1-3H3,(H,18,23)(H,21,22). The van der Waals surface area contributed by atoms with Crippen molar-refractivity contribution in [2.24, 2.45) is 7.05 Å². The fourth-order valence-electron chi connectivity index (χ4n) is 2.27. The van der Waals surface area contributed by atoms with Crippen molar-refractivity contribution in [3.63, 3.8) is 0 Å². The lowest BCUT2D eigenvalue weighted by Crippen LogP contribution is -2.23. The van der Waals surface area contributed by atoms with Gasteiger partial charge in [0, 0.05) is 19.8 Å². The van der Waals surface area contributed by atoms with Crippen LogP contribution in [0.15, 0.2) is 30.5 Å². The van der Waals surface area contributed by atoms with Crippen molar-refractivity contribution in [3.8, 4) is 5.75 Å². The summed E-state index contributed by atoms with van der Waals surface area (Å²) in [6, 6.07) is 6.96. The number of amides is 1. The van der Waals surface area contributed by atoms with Crippen LogP contribution in [-0.2, 0) is 18.4 Å². The Morgan fingerprint density at radius 1 is 1.38 bits per heavy atom. The van der Waals surface area contributed by atoms with Gasteiger partial charge in [0.05, 0.1) is 11.3 Å². The van der Waals surface area contributed by atoms with Crippen molar-refractivity contribution in [1.29, 1.82) is 0 Å². The summed E-state index contributed by atoms with van der Waals surface area (Å²) in [5, 5.41) is 15.8. The molecule has 1 aromatic heterocycles. The molecule has 1 amide bonds. The van der Waals surface area contributed by atoms with Gasteiger partial charge < -0.3 is 15.2 Å². The quantitative estimate of drug-likeness (QED) is 0.809. The molecular formula is C17H21N3O4. The zero-order valence-corrected chi connectivity index (χ0v) is 13.9. The summed E-state index contributed by atoms with van der Waals surface area (Å²) < 4.78 is 6.76. The van der Waals surface area contributed by atoms with E-state index in [0.29, 0.717) is 17.9 Å². The monoisotopic (exact) mass is 331 g/mol. The number of aryl methyl sites for hydroxylation is 1. The number of hydrogen-bond acceptors (Lipinski definition) is 4. The van der Waals surface area contributed by atoms with Gasteiger partial charge in [-0.3, -0.25) is 9.48 Å². The van der Waals surface area contributed by atoms with E-state index in [1.807, 2.05) is 19.9 Å². The first-order chi connectivity index (χ1) is 11.4. The molecule has 1 aromatic carbocycles. The van der Waals surface area contributed by atoms with E-state index in [-0.39, 0.29) is 11.8 Å². The predicted molar refractivity (Wildman–Crippen MR) is 88.0 cm³/mol. The molecule has 0 saturated heterocycles. The summed E-state index contributed by atoms with van der Waals surface area (Å²) >= 11 is 0. The highest BCUT2D eigenvalue weighted by Crippen LogP contribution is 2.18. The number of rotatable bonds is 7. The van der Waals surface area contributed by atoms with Gasteiger partial charge in [0.15, 0.2) is 6.61 Å². The van der Waals surface area contributed by atoms with Crippen molar-refractivity contribution < 1.29 is 19.4 Å². The maximum Gasteiger partial charge on any atom is 0.341 e. The lowest BCUT2D eigenvalue weighted by molar-refractivity contribution is -0.139. The summed E-state index contributed by atoms with van der Waals surface area (Å²) in [4.78, 5) is 22.9. The number of carbonyl (C=O) groups excluding carboxylic acids is 1. The van der Waals surface area contributed by atoms with Crippen LogP contribution < -0.4 is 10.1 Å². The third-order valence-electron chi connectivity index (χ3n) is 3.36. The molecule has 2 aromatic rings. The van der Waals surface area contributed by atoms with Gasteiger partial charge in [0.25, 0.3) is 5.91 Å². The first-order valence-corrected chi connectivity index (χ1v) is 7.62. The molecule has 0 aliphatic carbocycles. The van der Waals surface area contributed by atoms with E-state index in [9.17, 15) is 9.59 Å². The lowest BCUT2D eigenvalue weighted by atomic mass is 10.1. The first kappa shape index (κ1) is 17.5. The minimum Gasteiger partial charge on any atom is -0.482 e. The largest absolute Gasteiger partial charge is 0.482 e. The molecule has 0 spiro atoms. The van der Waals surface area contributed by atoms with Crippen LogP contribution in [-0.4, -0.2) is 33.4 Å². The zero-order valence-electron chi connectivity index (χ0n) is 13.9. The minimum atomic E-state index is -1.04. The second-order valence-electron chi connectivity index (χ2n) is 5.77. The topological polar surface area (TPSA) is 93.5 Å². The van der Waals surface area contributed by atoms with E-state index in [1.165, 1.54) is 0 Å². The van der Waals surface area contributed by atoms with Crippen LogP contribution in [0.1, 0.15) is 41.4 Å². The number of ether oxygens (including phenoxy) is 1. The van der Waals surface area contributed by atoms with Crippen LogP contribution in [0.5, 0.6) is 5.75 Å². The molecule has 0 unspecified atom stereocenters. The third-order valence-corrected chi connectivity index (χ3v) is 3.36. The van der Waals surface area contributed by atoms with E-state index in [0.717, 1.165) is 11.3 Å². The van der Waals surface area contributed by atoms with Crippen LogP contribution in [0.4, 0.5) is 0 Å². The van der Waals surface area contributed by atoms with Gasteiger partial charge in [0.1, 0.15) is 5.75 Å². The maximum atomic E-state index is 12.4. The Morgan fingerprint density at radius 3 is 2.79 bits per heavy atom. The minimum absolute atomic E-state index is 0.152. The Hall–Kier alpha value is -2.83. The average Bonchev–Trinajstić information content (AvgIpc) is 2.93. The molecule has 7 nitrogen and oxygen atoms in total. The number of nitrogens with one attached hydrogen (secondary N) is 1.